The van der Waals surface area contributed by atoms with Crippen LogP contribution in [0.2, 0.25) is 0 Å². The van der Waals surface area contributed by atoms with Crippen molar-refractivity contribution < 1.29 is 42.2 Å². The standard InChI is InChI=1S/C15H13.C13H10.C5H5.2ClH.Ti/c1-10-3-5-14-12(7-10)9-13-8-11(2)4-6-15(13)14;1-3-7-12(8-4-1)11-13-9-5-2-6-10-13;1-2-4-5-3-1;;;/h3-7H,9H2,1-2H3;1-10H;1-3H,4H2;2*1H;/q;;;;;+2/p-2. The largest absolute Gasteiger partial charge is 1.00 e. The number of aryl methyl sites for hydroxylation is 2. The molecule has 0 heterocycles. The second-order valence-electron chi connectivity index (χ2n) is 9.43. The van der Waals surface area contributed by atoms with Crippen LogP contribution in [0.3, 0.4) is 0 Å². The summed E-state index contributed by atoms with van der Waals surface area (Å²) in [5.41, 5.74) is 11.5. The minimum atomic E-state index is -2.11. The molecule has 6 rings (SSSR count). The van der Waals surface area contributed by atoms with Crippen LogP contribution in [0.25, 0.3) is 11.1 Å². The monoisotopic (exact) mass is 542 g/mol. The minimum absolute atomic E-state index is 0. The maximum atomic E-state index is 2.42. The van der Waals surface area contributed by atoms with E-state index < -0.39 is 17.4 Å². The van der Waals surface area contributed by atoms with Crippen LogP contribution in [0.4, 0.5) is 0 Å². The Labute approximate surface area is 233 Å². The van der Waals surface area contributed by atoms with E-state index >= 15 is 0 Å². The average molecular weight is 543 g/mol. The molecule has 0 unspecified atom stereocenters. The van der Waals surface area contributed by atoms with E-state index in [-0.39, 0.29) is 24.8 Å². The molecule has 2 aliphatic rings. The fourth-order valence-electron chi connectivity index (χ4n) is 5.61. The normalized spacial score (nSPS) is 12.4. The third-order valence-corrected chi connectivity index (χ3v) is 12.3. The number of rotatable bonds is 4. The van der Waals surface area contributed by atoms with Crippen molar-refractivity contribution in [2.24, 2.45) is 0 Å². The molecule has 0 bridgehead atoms. The molecule has 0 aliphatic heterocycles. The predicted octanol–water partition coefficient (Wildman–Crippen LogP) is 1.24. The van der Waals surface area contributed by atoms with Gasteiger partial charge in [-0.1, -0.05) is 0 Å². The molecule has 2 aliphatic carbocycles. The molecule has 0 fully saturated rings. The smallest absolute Gasteiger partial charge is 1.00 e. The van der Waals surface area contributed by atoms with Crippen LogP contribution in [0.5, 0.6) is 0 Å². The molecular formula is C33H28Cl2Ti. The first-order valence-corrected chi connectivity index (χ1v) is 14.5. The van der Waals surface area contributed by atoms with Crippen LogP contribution >= 0.6 is 0 Å². The zero-order chi connectivity index (χ0) is 23.1. The molecule has 0 spiro atoms. The van der Waals surface area contributed by atoms with Gasteiger partial charge in [0.25, 0.3) is 0 Å². The van der Waals surface area contributed by atoms with Gasteiger partial charge in [0, 0.05) is 0 Å². The summed E-state index contributed by atoms with van der Waals surface area (Å²) in [6, 6.07) is 34.0. The molecule has 0 N–H and O–H groups in total. The molecule has 0 radical (unpaired) electrons. The number of fused-ring (bicyclic) bond motifs is 3. The first-order chi connectivity index (χ1) is 16.7. The summed E-state index contributed by atoms with van der Waals surface area (Å²) in [6.07, 6.45) is 9.16. The maximum Gasteiger partial charge on any atom is -1.00 e. The van der Waals surface area contributed by atoms with Gasteiger partial charge in [0.05, 0.1) is 0 Å². The molecule has 0 atom stereocenters. The summed E-state index contributed by atoms with van der Waals surface area (Å²) < 4.78 is 4.87. The van der Waals surface area contributed by atoms with Gasteiger partial charge in [0.2, 0.25) is 0 Å². The fourth-order valence-corrected chi connectivity index (χ4v) is 10.9. The second kappa shape index (κ2) is 11.3. The Hall–Kier alpha value is -2.48. The number of hydrogen-bond acceptors (Lipinski definition) is 0. The number of hydrogen-bond donors (Lipinski definition) is 0. The summed E-state index contributed by atoms with van der Waals surface area (Å²) in [5, 5.41) is 0. The molecule has 4 aromatic rings. The van der Waals surface area contributed by atoms with E-state index in [2.05, 4.69) is 123 Å². The Morgan fingerprint density at radius 2 is 1.36 bits per heavy atom. The number of benzene rings is 4. The number of halogens is 2. The van der Waals surface area contributed by atoms with Crippen molar-refractivity contribution in [3.8, 4) is 11.1 Å². The number of allylic oxidation sites excluding steroid dienone is 4. The van der Waals surface area contributed by atoms with Crippen molar-refractivity contribution in [2.75, 3.05) is 0 Å². The van der Waals surface area contributed by atoms with Crippen LogP contribution in [-0.2, 0) is 23.8 Å². The summed E-state index contributed by atoms with van der Waals surface area (Å²) >= 11 is -2.11. The quantitative estimate of drug-likeness (QED) is 0.300. The molecule has 36 heavy (non-hydrogen) atoms. The molecule has 3 heteroatoms. The Kier molecular flexibility index (Phi) is 8.33. The first kappa shape index (κ1) is 26.6. The van der Waals surface area contributed by atoms with Crippen LogP contribution in [-0.4, -0.2) is 3.81 Å². The van der Waals surface area contributed by atoms with Gasteiger partial charge in [0.15, 0.2) is 0 Å². The van der Waals surface area contributed by atoms with Gasteiger partial charge in [-0.15, -0.1) is 0 Å². The summed E-state index contributed by atoms with van der Waals surface area (Å²) in [6.45, 7) is 4.55. The van der Waals surface area contributed by atoms with Crippen molar-refractivity contribution in [3.05, 3.63) is 146 Å². The van der Waals surface area contributed by atoms with E-state index in [1.54, 1.807) is 17.1 Å². The van der Waals surface area contributed by atoms with Gasteiger partial charge < -0.3 is 24.8 Å². The Morgan fingerprint density at radius 3 is 1.97 bits per heavy atom. The van der Waals surface area contributed by atoms with Crippen LogP contribution in [0, 0.1) is 13.8 Å². The third kappa shape index (κ3) is 4.76. The fraction of sp³-hybridized carbons (Fsp3) is 0.121. The second-order valence-corrected chi connectivity index (χ2v) is 13.2. The van der Waals surface area contributed by atoms with Gasteiger partial charge in [-0.3, -0.25) is 0 Å². The van der Waals surface area contributed by atoms with Crippen LogP contribution < -0.4 is 28.7 Å². The Balaban J connectivity index is 0.00000152. The van der Waals surface area contributed by atoms with E-state index in [1.165, 1.54) is 38.9 Å². The van der Waals surface area contributed by atoms with Crippen molar-refractivity contribution >= 4 is 7.68 Å². The summed E-state index contributed by atoms with van der Waals surface area (Å²) in [4.78, 5) is 0. The van der Waals surface area contributed by atoms with Gasteiger partial charge in [-0.25, -0.2) is 0 Å². The van der Waals surface area contributed by atoms with E-state index in [9.17, 15) is 0 Å². The van der Waals surface area contributed by atoms with E-state index in [0.29, 0.717) is 0 Å². The molecule has 0 saturated carbocycles. The molecule has 0 aromatic heterocycles. The van der Waals surface area contributed by atoms with Crippen LogP contribution in [0.15, 0.2) is 113 Å². The van der Waals surface area contributed by atoms with Crippen molar-refractivity contribution in [3.63, 3.8) is 0 Å². The van der Waals surface area contributed by atoms with E-state index in [4.69, 9.17) is 0 Å². The van der Waals surface area contributed by atoms with Crippen molar-refractivity contribution in [1.29, 1.82) is 0 Å². The Bertz CT molecular complexity index is 1450. The average Bonchev–Trinajstić information content (AvgIpc) is 3.52. The molecule has 0 nitrogen and oxygen atoms in total. The van der Waals surface area contributed by atoms with Crippen LogP contribution in [0.1, 0.15) is 39.8 Å². The molecule has 178 valence electrons. The summed E-state index contributed by atoms with van der Waals surface area (Å²) in [7, 11) is 0. The summed E-state index contributed by atoms with van der Waals surface area (Å²) in [5.74, 6) is 0. The zero-order valence-corrected chi connectivity index (χ0v) is 23.6. The van der Waals surface area contributed by atoms with Gasteiger partial charge in [0.1, 0.15) is 0 Å². The maximum absolute atomic E-state index is 2.42. The first-order valence-electron chi connectivity index (χ1n) is 12.1. The van der Waals surface area contributed by atoms with Gasteiger partial charge >= 0.3 is 209 Å². The molecule has 0 saturated heterocycles. The molecular weight excluding hydrogens is 515 g/mol. The Morgan fingerprint density at radius 1 is 0.722 bits per heavy atom. The topological polar surface area (TPSA) is 0 Å². The minimum Gasteiger partial charge on any atom is -1.00 e. The van der Waals surface area contributed by atoms with E-state index in [1.807, 2.05) is 0 Å². The zero-order valence-electron chi connectivity index (χ0n) is 20.6. The van der Waals surface area contributed by atoms with Crippen molar-refractivity contribution in [2.45, 2.75) is 26.7 Å². The third-order valence-electron chi connectivity index (χ3n) is 7.16. The SMILES string of the molecule is Cc1ccc2c(c1)Cc1c-2ccc(C)[c]1[Ti+2]([C]1=CC=CC1)=[C](c1ccccc1)c1ccccc1.[Cl-].[Cl-]. The van der Waals surface area contributed by atoms with Crippen molar-refractivity contribution in [1.82, 2.24) is 0 Å². The predicted molar refractivity (Wildman–Crippen MR) is 142 cm³/mol. The molecule has 4 aromatic carbocycles. The van der Waals surface area contributed by atoms with Gasteiger partial charge in [-0.2, -0.15) is 0 Å². The van der Waals surface area contributed by atoms with Gasteiger partial charge in [-0.05, 0) is 0 Å². The molecule has 0 amide bonds. The van der Waals surface area contributed by atoms with E-state index in [0.717, 1.165) is 12.8 Å².